The van der Waals surface area contributed by atoms with E-state index in [-0.39, 0.29) is 6.04 Å². The van der Waals surface area contributed by atoms with E-state index in [9.17, 15) is 0 Å². The standard InChI is InChI=1S/C16H21ClN2S/c1-4-10-18-16(14-8-9-15(17)20-14)12-6-5-7-13(11-12)19(2)3/h5-9,11,16,18H,4,10H2,1-3H3. The number of nitrogens with zero attached hydrogens (tertiary/aromatic N) is 1. The van der Waals surface area contributed by atoms with E-state index >= 15 is 0 Å². The topological polar surface area (TPSA) is 15.3 Å². The first-order valence-corrected chi connectivity index (χ1v) is 8.07. The zero-order valence-corrected chi connectivity index (χ0v) is 13.8. The molecule has 1 aromatic carbocycles. The van der Waals surface area contributed by atoms with E-state index < -0.39 is 0 Å². The Kier molecular flexibility index (Phi) is 5.46. The quantitative estimate of drug-likeness (QED) is 0.842. The smallest absolute Gasteiger partial charge is 0.0931 e. The molecule has 0 aliphatic heterocycles. The minimum absolute atomic E-state index is 0.215. The second-order valence-corrected chi connectivity index (χ2v) is 6.77. The molecule has 108 valence electrons. The maximum Gasteiger partial charge on any atom is 0.0931 e. The fraction of sp³-hybridized carbons (Fsp3) is 0.375. The molecule has 1 N–H and O–H groups in total. The summed E-state index contributed by atoms with van der Waals surface area (Å²) in [5.41, 5.74) is 2.50. The summed E-state index contributed by atoms with van der Waals surface area (Å²) in [6, 6.07) is 12.9. The molecule has 4 heteroatoms. The van der Waals surface area contributed by atoms with Crippen LogP contribution >= 0.6 is 22.9 Å². The first-order valence-electron chi connectivity index (χ1n) is 6.87. The van der Waals surface area contributed by atoms with E-state index in [1.54, 1.807) is 11.3 Å². The highest BCUT2D eigenvalue weighted by Gasteiger charge is 2.16. The monoisotopic (exact) mass is 308 g/mol. The van der Waals surface area contributed by atoms with Crippen LogP contribution in [-0.2, 0) is 0 Å². The largest absolute Gasteiger partial charge is 0.378 e. The summed E-state index contributed by atoms with van der Waals surface area (Å²) in [7, 11) is 4.13. The number of anilines is 1. The number of nitrogens with one attached hydrogen (secondary N) is 1. The normalized spacial score (nSPS) is 12.4. The maximum atomic E-state index is 6.09. The Labute approximate surface area is 130 Å². The van der Waals surface area contributed by atoms with Gasteiger partial charge in [-0.25, -0.2) is 0 Å². The van der Waals surface area contributed by atoms with Crippen LogP contribution in [0, 0.1) is 0 Å². The second kappa shape index (κ2) is 7.11. The molecule has 0 bridgehead atoms. The van der Waals surface area contributed by atoms with Gasteiger partial charge >= 0.3 is 0 Å². The van der Waals surface area contributed by atoms with E-state index in [4.69, 9.17) is 11.6 Å². The molecule has 1 aromatic heterocycles. The Balaban J connectivity index is 2.33. The van der Waals surface area contributed by atoms with Gasteiger partial charge < -0.3 is 10.2 Å². The van der Waals surface area contributed by atoms with Crippen LogP contribution in [0.4, 0.5) is 5.69 Å². The van der Waals surface area contributed by atoms with E-state index in [0.717, 1.165) is 17.3 Å². The van der Waals surface area contributed by atoms with Crippen LogP contribution in [0.3, 0.4) is 0 Å². The molecule has 1 heterocycles. The fourth-order valence-electron chi connectivity index (χ4n) is 2.14. The predicted octanol–water partition coefficient (Wildman–Crippen LogP) is 4.56. The van der Waals surface area contributed by atoms with Crippen molar-refractivity contribution < 1.29 is 0 Å². The van der Waals surface area contributed by atoms with Gasteiger partial charge in [0.05, 0.1) is 10.4 Å². The van der Waals surface area contributed by atoms with Crippen LogP contribution in [-0.4, -0.2) is 20.6 Å². The lowest BCUT2D eigenvalue weighted by Crippen LogP contribution is -2.22. The molecule has 2 rings (SSSR count). The summed E-state index contributed by atoms with van der Waals surface area (Å²) in [6.45, 7) is 3.17. The molecule has 0 aliphatic rings. The van der Waals surface area contributed by atoms with Crippen LogP contribution < -0.4 is 10.2 Å². The van der Waals surface area contributed by atoms with Crippen LogP contribution in [0.5, 0.6) is 0 Å². The van der Waals surface area contributed by atoms with Crippen LogP contribution in [0.1, 0.15) is 29.8 Å². The third kappa shape index (κ3) is 3.75. The van der Waals surface area contributed by atoms with E-state index in [1.807, 2.05) is 6.07 Å². The maximum absolute atomic E-state index is 6.09. The van der Waals surface area contributed by atoms with Crippen molar-refractivity contribution in [3.8, 4) is 0 Å². The lowest BCUT2D eigenvalue weighted by Gasteiger charge is -2.20. The van der Waals surface area contributed by atoms with Crippen LogP contribution in [0.25, 0.3) is 0 Å². The number of hydrogen-bond acceptors (Lipinski definition) is 3. The van der Waals surface area contributed by atoms with Crippen molar-refractivity contribution in [2.24, 2.45) is 0 Å². The van der Waals surface area contributed by atoms with Crippen LogP contribution in [0.15, 0.2) is 36.4 Å². The number of halogens is 1. The summed E-state index contributed by atoms with van der Waals surface area (Å²) < 4.78 is 0.840. The van der Waals surface area contributed by atoms with Gasteiger partial charge in [0.1, 0.15) is 0 Å². The molecule has 0 aliphatic carbocycles. The molecular weight excluding hydrogens is 288 g/mol. The van der Waals surface area contributed by atoms with E-state index in [1.165, 1.54) is 16.1 Å². The van der Waals surface area contributed by atoms with Crippen molar-refractivity contribution in [2.75, 3.05) is 25.5 Å². The Morgan fingerprint density at radius 1 is 1.25 bits per heavy atom. The van der Waals surface area contributed by atoms with Crippen molar-refractivity contribution >= 4 is 28.6 Å². The highest BCUT2D eigenvalue weighted by Crippen LogP contribution is 2.32. The van der Waals surface area contributed by atoms with Gasteiger partial charge in [-0.15, -0.1) is 11.3 Å². The van der Waals surface area contributed by atoms with Crippen molar-refractivity contribution in [3.05, 3.63) is 51.2 Å². The number of hydrogen-bond donors (Lipinski definition) is 1. The zero-order valence-electron chi connectivity index (χ0n) is 12.2. The van der Waals surface area contributed by atoms with Gasteiger partial charge in [0.2, 0.25) is 0 Å². The highest BCUT2D eigenvalue weighted by molar-refractivity contribution is 7.16. The van der Waals surface area contributed by atoms with Gasteiger partial charge in [0, 0.05) is 24.7 Å². The first kappa shape index (κ1) is 15.4. The summed E-state index contributed by atoms with van der Waals surface area (Å²) in [5, 5.41) is 3.61. The molecular formula is C16H21ClN2S. The molecule has 0 saturated heterocycles. The lowest BCUT2D eigenvalue weighted by atomic mass is 10.0. The van der Waals surface area contributed by atoms with Gasteiger partial charge in [0.25, 0.3) is 0 Å². The predicted molar refractivity (Wildman–Crippen MR) is 90.2 cm³/mol. The van der Waals surface area contributed by atoms with Crippen LogP contribution in [0.2, 0.25) is 4.34 Å². The molecule has 0 saturated carbocycles. The summed E-state index contributed by atoms with van der Waals surface area (Å²) >= 11 is 7.73. The molecule has 0 spiro atoms. The summed E-state index contributed by atoms with van der Waals surface area (Å²) in [6.07, 6.45) is 1.11. The first-order chi connectivity index (χ1) is 9.61. The molecule has 1 unspecified atom stereocenters. The highest BCUT2D eigenvalue weighted by atomic mass is 35.5. The van der Waals surface area contributed by atoms with E-state index in [2.05, 4.69) is 61.6 Å². The SMILES string of the molecule is CCCNC(c1cccc(N(C)C)c1)c1ccc(Cl)s1. The Bertz CT molecular complexity index is 551. The number of benzene rings is 1. The zero-order chi connectivity index (χ0) is 14.5. The molecule has 20 heavy (non-hydrogen) atoms. The number of rotatable bonds is 6. The lowest BCUT2D eigenvalue weighted by molar-refractivity contribution is 0.606. The molecule has 0 radical (unpaired) electrons. The van der Waals surface area contributed by atoms with Gasteiger partial charge in [-0.3, -0.25) is 0 Å². The fourth-order valence-corrected chi connectivity index (χ4v) is 3.30. The molecule has 0 fully saturated rings. The van der Waals surface area contributed by atoms with Crippen molar-refractivity contribution in [2.45, 2.75) is 19.4 Å². The molecule has 1 atom stereocenters. The van der Waals surface area contributed by atoms with Gasteiger partial charge in [0.15, 0.2) is 0 Å². The molecule has 2 nitrogen and oxygen atoms in total. The van der Waals surface area contributed by atoms with Crippen molar-refractivity contribution in [1.82, 2.24) is 5.32 Å². The number of thiophene rings is 1. The second-order valence-electron chi connectivity index (χ2n) is 5.02. The third-order valence-corrected chi connectivity index (χ3v) is 4.49. The Morgan fingerprint density at radius 2 is 2.05 bits per heavy atom. The third-order valence-electron chi connectivity index (χ3n) is 3.20. The molecule has 0 amide bonds. The molecule has 2 aromatic rings. The minimum Gasteiger partial charge on any atom is -0.378 e. The Hall–Kier alpha value is -1.03. The minimum atomic E-state index is 0.215. The van der Waals surface area contributed by atoms with Gasteiger partial charge in [-0.2, -0.15) is 0 Å². The van der Waals surface area contributed by atoms with Gasteiger partial charge in [-0.05, 0) is 42.8 Å². The van der Waals surface area contributed by atoms with Crippen molar-refractivity contribution in [3.63, 3.8) is 0 Å². The average molecular weight is 309 g/mol. The summed E-state index contributed by atoms with van der Waals surface area (Å²) in [4.78, 5) is 3.39. The van der Waals surface area contributed by atoms with E-state index in [0.29, 0.717) is 0 Å². The summed E-state index contributed by atoms with van der Waals surface area (Å²) in [5.74, 6) is 0. The average Bonchev–Trinajstić information content (AvgIpc) is 2.86. The Morgan fingerprint density at radius 3 is 2.65 bits per heavy atom. The van der Waals surface area contributed by atoms with Gasteiger partial charge in [-0.1, -0.05) is 30.7 Å². The van der Waals surface area contributed by atoms with Crippen molar-refractivity contribution in [1.29, 1.82) is 0 Å².